The highest BCUT2D eigenvalue weighted by Crippen LogP contribution is 1.99. The minimum Gasteiger partial charge on any atom is -0.447 e. The highest BCUT2D eigenvalue weighted by molar-refractivity contribution is 5.67. The molecule has 0 spiro atoms. The van der Waals surface area contributed by atoms with Crippen molar-refractivity contribution in [3.8, 4) is 0 Å². The van der Waals surface area contributed by atoms with Crippen molar-refractivity contribution in [2.75, 3.05) is 33.9 Å². The first kappa shape index (κ1) is 16.5. The molecule has 0 rings (SSSR count). The summed E-state index contributed by atoms with van der Waals surface area (Å²) >= 11 is 0. The number of ether oxygens (including phenoxy) is 3. The van der Waals surface area contributed by atoms with Crippen molar-refractivity contribution in [1.82, 2.24) is 10.6 Å². The van der Waals surface area contributed by atoms with Crippen LogP contribution in [0.25, 0.3) is 0 Å². The van der Waals surface area contributed by atoms with Crippen LogP contribution in [0.4, 0.5) is 9.59 Å². The van der Waals surface area contributed by atoms with Crippen LogP contribution in [0.2, 0.25) is 0 Å². The second-order valence-corrected chi connectivity index (χ2v) is 3.54. The Morgan fingerprint density at radius 1 is 1.06 bits per heavy atom. The van der Waals surface area contributed by atoms with Crippen LogP contribution in [-0.2, 0) is 14.2 Å². The predicted octanol–water partition coefficient (Wildman–Crippen LogP) is 0.884. The molecule has 0 aliphatic rings. The molecule has 0 saturated carbocycles. The maximum atomic E-state index is 10.9. The first-order chi connectivity index (χ1) is 8.63. The van der Waals surface area contributed by atoms with Gasteiger partial charge >= 0.3 is 12.2 Å². The summed E-state index contributed by atoms with van der Waals surface area (Å²) in [5.41, 5.74) is 0. The molecule has 0 atom stereocenters. The minimum atomic E-state index is -0.543. The van der Waals surface area contributed by atoms with Gasteiger partial charge in [-0.2, -0.15) is 0 Å². The molecule has 0 fully saturated rings. The van der Waals surface area contributed by atoms with E-state index in [4.69, 9.17) is 14.2 Å². The summed E-state index contributed by atoms with van der Waals surface area (Å²) in [6, 6.07) is 0. The summed E-state index contributed by atoms with van der Waals surface area (Å²) in [5.74, 6) is 0. The molecule has 0 aromatic heterocycles. The van der Waals surface area contributed by atoms with Crippen LogP contribution in [0, 0.1) is 0 Å². The fraction of sp³-hybridized carbons (Fsp3) is 0.818. The number of hydrogen-bond acceptors (Lipinski definition) is 5. The topological polar surface area (TPSA) is 85.9 Å². The number of unbranched alkanes of at least 4 members (excludes halogenated alkanes) is 1. The van der Waals surface area contributed by atoms with E-state index in [1.165, 1.54) is 14.1 Å². The van der Waals surface area contributed by atoms with Gasteiger partial charge in [-0.1, -0.05) is 13.3 Å². The van der Waals surface area contributed by atoms with Crippen molar-refractivity contribution in [3.63, 3.8) is 0 Å². The Hall–Kier alpha value is -1.50. The van der Waals surface area contributed by atoms with Gasteiger partial charge in [0.1, 0.15) is 19.3 Å². The first-order valence-corrected chi connectivity index (χ1v) is 5.94. The van der Waals surface area contributed by atoms with Crippen molar-refractivity contribution in [3.05, 3.63) is 0 Å². The third kappa shape index (κ3) is 8.63. The molecular formula is C11H22N2O5. The highest BCUT2D eigenvalue weighted by atomic mass is 16.6. The van der Waals surface area contributed by atoms with Gasteiger partial charge in [-0.3, -0.25) is 0 Å². The third-order valence-electron chi connectivity index (χ3n) is 2.06. The average molecular weight is 262 g/mol. The fourth-order valence-electron chi connectivity index (χ4n) is 1.02. The molecule has 0 bridgehead atoms. The van der Waals surface area contributed by atoms with E-state index in [9.17, 15) is 9.59 Å². The molecule has 0 aromatic carbocycles. The fourth-order valence-corrected chi connectivity index (χ4v) is 1.02. The SMILES string of the molecule is CCCCOC(COC(=O)NC)COC(=O)NC. The van der Waals surface area contributed by atoms with Crippen molar-refractivity contribution in [2.24, 2.45) is 0 Å². The van der Waals surface area contributed by atoms with E-state index in [0.717, 1.165) is 12.8 Å². The zero-order valence-electron chi connectivity index (χ0n) is 11.2. The molecule has 7 nitrogen and oxygen atoms in total. The first-order valence-electron chi connectivity index (χ1n) is 5.94. The predicted molar refractivity (Wildman–Crippen MR) is 65.5 cm³/mol. The molecule has 0 aliphatic heterocycles. The summed E-state index contributed by atoms with van der Waals surface area (Å²) in [4.78, 5) is 21.9. The third-order valence-corrected chi connectivity index (χ3v) is 2.06. The number of hydrogen-bond donors (Lipinski definition) is 2. The largest absolute Gasteiger partial charge is 0.447 e. The maximum absolute atomic E-state index is 10.9. The van der Waals surface area contributed by atoms with Crippen molar-refractivity contribution < 1.29 is 23.8 Å². The molecule has 0 aliphatic carbocycles. The van der Waals surface area contributed by atoms with Gasteiger partial charge in [0.25, 0.3) is 0 Å². The highest BCUT2D eigenvalue weighted by Gasteiger charge is 2.14. The number of alkyl carbamates (subject to hydrolysis) is 2. The van der Waals surface area contributed by atoms with E-state index in [0.29, 0.717) is 6.61 Å². The van der Waals surface area contributed by atoms with E-state index in [2.05, 4.69) is 10.6 Å². The molecular weight excluding hydrogens is 240 g/mol. The number of carbonyl (C=O) groups excluding carboxylic acids is 2. The summed E-state index contributed by atoms with van der Waals surface area (Å²) in [5, 5.41) is 4.65. The van der Waals surface area contributed by atoms with E-state index in [-0.39, 0.29) is 13.2 Å². The van der Waals surface area contributed by atoms with Gasteiger partial charge in [0, 0.05) is 20.7 Å². The summed E-state index contributed by atoms with van der Waals surface area (Å²) in [7, 11) is 2.94. The van der Waals surface area contributed by atoms with Crippen molar-refractivity contribution in [2.45, 2.75) is 25.9 Å². The van der Waals surface area contributed by atoms with Gasteiger partial charge in [-0.05, 0) is 6.42 Å². The van der Waals surface area contributed by atoms with E-state index in [1.807, 2.05) is 6.92 Å². The zero-order valence-corrected chi connectivity index (χ0v) is 11.2. The molecule has 106 valence electrons. The Morgan fingerprint density at radius 2 is 1.56 bits per heavy atom. The lowest BCUT2D eigenvalue weighted by atomic mass is 10.3. The quantitative estimate of drug-likeness (QED) is 0.634. The normalized spacial score (nSPS) is 10.0. The summed E-state index contributed by atoms with van der Waals surface area (Å²) in [6.45, 7) is 2.66. The van der Waals surface area contributed by atoms with E-state index in [1.54, 1.807) is 0 Å². The standard InChI is InChI=1S/C11H22N2O5/c1-4-5-6-16-9(7-17-10(14)12-2)8-18-11(15)13-3/h9H,4-8H2,1-3H3,(H,12,14)(H,13,15). The molecule has 0 radical (unpaired) electrons. The molecule has 0 aromatic rings. The second kappa shape index (κ2) is 10.6. The van der Waals surface area contributed by atoms with Gasteiger partial charge in [0.15, 0.2) is 0 Å². The van der Waals surface area contributed by atoms with Crippen LogP contribution >= 0.6 is 0 Å². The average Bonchev–Trinajstić information content (AvgIpc) is 2.40. The molecule has 0 heterocycles. The van der Waals surface area contributed by atoms with Crippen LogP contribution in [0.5, 0.6) is 0 Å². The van der Waals surface area contributed by atoms with Gasteiger partial charge < -0.3 is 24.8 Å². The Morgan fingerprint density at radius 3 is 1.94 bits per heavy atom. The second-order valence-electron chi connectivity index (χ2n) is 3.54. The number of amides is 2. The molecule has 0 saturated heterocycles. The number of rotatable bonds is 8. The molecule has 0 unspecified atom stereocenters. The summed E-state index contributed by atoms with van der Waals surface area (Å²) < 4.78 is 15.2. The van der Waals surface area contributed by atoms with Gasteiger partial charge in [0.2, 0.25) is 0 Å². The van der Waals surface area contributed by atoms with Crippen LogP contribution in [0.15, 0.2) is 0 Å². The lowest BCUT2D eigenvalue weighted by molar-refractivity contribution is -0.0289. The van der Waals surface area contributed by atoms with E-state index >= 15 is 0 Å². The minimum absolute atomic E-state index is 0.0420. The Balaban J connectivity index is 3.98. The van der Waals surface area contributed by atoms with Gasteiger partial charge in [-0.25, -0.2) is 9.59 Å². The number of nitrogens with one attached hydrogen (secondary N) is 2. The van der Waals surface area contributed by atoms with E-state index < -0.39 is 18.3 Å². The Labute approximate surface area is 107 Å². The Kier molecular flexibility index (Phi) is 9.75. The van der Waals surface area contributed by atoms with Crippen molar-refractivity contribution >= 4 is 12.2 Å². The molecule has 2 N–H and O–H groups in total. The van der Waals surface area contributed by atoms with Crippen molar-refractivity contribution in [1.29, 1.82) is 0 Å². The van der Waals surface area contributed by atoms with Gasteiger partial charge in [0.05, 0.1) is 0 Å². The Bertz CT molecular complexity index is 228. The zero-order chi connectivity index (χ0) is 13.8. The van der Waals surface area contributed by atoms with Gasteiger partial charge in [-0.15, -0.1) is 0 Å². The number of carbonyl (C=O) groups is 2. The molecule has 18 heavy (non-hydrogen) atoms. The monoisotopic (exact) mass is 262 g/mol. The van der Waals surface area contributed by atoms with Crippen LogP contribution < -0.4 is 10.6 Å². The maximum Gasteiger partial charge on any atom is 0.406 e. The van der Waals surface area contributed by atoms with Crippen LogP contribution in [0.3, 0.4) is 0 Å². The smallest absolute Gasteiger partial charge is 0.406 e. The molecule has 7 heteroatoms. The summed E-state index contributed by atoms with van der Waals surface area (Å²) in [6.07, 6.45) is 0.361. The van der Waals surface area contributed by atoms with Crippen LogP contribution in [0.1, 0.15) is 19.8 Å². The van der Waals surface area contributed by atoms with Crippen LogP contribution in [-0.4, -0.2) is 52.2 Å². The lowest BCUT2D eigenvalue weighted by Gasteiger charge is -2.17. The molecule has 2 amide bonds. The lowest BCUT2D eigenvalue weighted by Crippen LogP contribution is -2.32.